The van der Waals surface area contributed by atoms with Crippen molar-refractivity contribution in [1.29, 1.82) is 0 Å². The van der Waals surface area contributed by atoms with E-state index in [-0.39, 0.29) is 0 Å². The van der Waals surface area contributed by atoms with Crippen LogP contribution in [0.15, 0.2) is 253 Å². The van der Waals surface area contributed by atoms with Gasteiger partial charge in [-0.25, -0.2) is 0 Å². The Morgan fingerprint density at radius 1 is 0.273 bits per heavy atom. The first kappa shape index (κ1) is 37.8. The Kier molecular flexibility index (Phi) is 8.89. The van der Waals surface area contributed by atoms with Gasteiger partial charge in [0.05, 0.1) is 5.69 Å². The van der Waals surface area contributed by atoms with E-state index in [4.69, 9.17) is 4.42 Å². The first-order valence-corrected chi connectivity index (χ1v) is 22.7. The molecule has 13 rings (SSSR count). The standard InChI is InChI=1S/C64H41NO/c1-3-17-44(18-4-1)62-57-26-10-9-24-53(57)54-38-35-47(41-59(54)63(62)45-19-5-2-6-20-45)46-21-13-22-49(40-46)65(60-30-15-28-52-50-23-8-7-16-42(50)34-39-55(52)60)48-36-32-43(33-37-48)51-27-14-29-58-56-25-11-12-31-61(56)66-64(51)58/h1-41H. The molecule has 1 aromatic heterocycles. The maximum absolute atomic E-state index is 6.49. The number of rotatable bonds is 7. The fraction of sp³-hybridized carbons (Fsp3) is 0. The molecule has 2 heteroatoms. The van der Waals surface area contributed by atoms with Crippen LogP contribution in [0.25, 0.3) is 110 Å². The van der Waals surface area contributed by atoms with Crippen LogP contribution >= 0.6 is 0 Å². The fourth-order valence-electron chi connectivity index (χ4n) is 10.4. The Labute approximate surface area is 382 Å². The zero-order chi connectivity index (χ0) is 43.6. The van der Waals surface area contributed by atoms with E-state index in [1.54, 1.807) is 0 Å². The number of hydrogen-bond acceptors (Lipinski definition) is 2. The van der Waals surface area contributed by atoms with Gasteiger partial charge in [-0.3, -0.25) is 0 Å². The normalized spacial score (nSPS) is 11.6. The van der Waals surface area contributed by atoms with Gasteiger partial charge in [0.15, 0.2) is 0 Å². The molecule has 0 saturated carbocycles. The van der Waals surface area contributed by atoms with E-state index in [9.17, 15) is 0 Å². The van der Waals surface area contributed by atoms with E-state index in [0.717, 1.165) is 61.3 Å². The average Bonchev–Trinajstić information content (AvgIpc) is 3.78. The number of benzene rings is 12. The molecular weight excluding hydrogens is 799 g/mol. The number of nitrogens with zero attached hydrogens (tertiary/aromatic N) is 1. The summed E-state index contributed by atoms with van der Waals surface area (Å²) >= 11 is 0. The maximum Gasteiger partial charge on any atom is 0.143 e. The van der Waals surface area contributed by atoms with Crippen LogP contribution in [0.5, 0.6) is 0 Å². The average molecular weight is 840 g/mol. The monoisotopic (exact) mass is 839 g/mol. The van der Waals surface area contributed by atoms with Crippen molar-refractivity contribution < 1.29 is 4.42 Å². The van der Waals surface area contributed by atoms with Crippen LogP contribution in [0.4, 0.5) is 17.1 Å². The lowest BCUT2D eigenvalue weighted by molar-refractivity contribution is 0.670. The van der Waals surface area contributed by atoms with E-state index in [1.165, 1.54) is 65.3 Å². The molecule has 0 fully saturated rings. The van der Waals surface area contributed by atoms with Crippen molar-refractivity contribution in [2.45, 2.75) is 0 Å². The minimum atomic E-state index is 0.902. The lowest BCUT2D eigenvalue weighted by Gasteiger charge is -2.28. The number of para-hydroxylation sites is 2. The van der Waals surface area contributed by atoms with Crippen LogP contribution in [-0.2, 0) is 0 Å². The summed E-state index contributed by atoms with van der Waals surface area (Å²) in [5.41, 5.74) is 14.5. The van der Waals surface area contributed by atoms with Gasteiger partial charge in [-0.1, -0.05) is 206 Å². The second-order valence-electron chi connectivity index (χ2n) is 17.2. The number of fused-ring (bicyclic) bond motifs is 9. The highest BCUT2D eigenvalue weighted by molar-refractivity contribution is 6.22. The topological polar surface area (TPSA) is 16.4 Å². The lowest BCUT2D eigenvalue weighted by atomic mass is 9.84. The van der Waals surface area contributed by atoms with E-state index >= 15 is 0 Å². The smallest absolute Gasteiger partial charge is 0.143 e. The summed E-state index contributed by atoms with van der Waals surface area (Å²) in [5, 5.41) is 12.1. The van der Waals surface area contributed by atoms with E-state index in [0.29, 0.717) is 0 Å². The van der Waals surface area contributed by atoms with Crippen LogP contribution < -0.4 is 4.90 Å². The first-order chi connectivity index (χ1) is 32.7. The largest absolute Gasteiger partial charge is 0.455 e. The summed E-state index contributed by atoms with van der Waals surface area (Å²) in [5.74, 6) is 0. The zero-order valence-corrected chi connectivity index (χ0v) is 36.0. The zero-order valence-electron chi connectivity index (χ0n) is 36.0. The Bertz CT molecular complexity index is 3980. The fourth-order valence-corrected chi connectivity index (χ4v) is 10.4. The summed E-state index contributed by atoms with van der Waals surface area (Å²) in [6, 6.07) is 90.3. The molecule has 2 nitrogen and oxygen atoms in total. The van der Waals surface area contributed by atoms with Crippen molar-refractivity contribution in [1.82, 2.24) is 0 Å². The predicted octanol–water partition coefficient (Wildman–Crippen LogP) is 18.3. The van der Waals surface area contributed by atoms with Gasteiger partial charge < -0.3 is 9.32 Å². The van der Waals surface area contributed by atoms with Gasteiger partial charge in [0.2, 0.25) is 0 Å². The van der Waals surface area contributed by atoms with Gasteiger partial charge in [-0.05, 0) is 119 Å². The highest BCUT2D eigenvalue weighted by atomic mass is 16.3. The predicted molar refractivity (Wildman–Crippen MR) is 280 cm³/mol. The Balaban J connectivity index is 1.00. The molecule has 66 heavy (non-hydrogen) atoms. The van der Waals surface area contributed by atoms with Crippen molar-refractivity contribution in [2.24, 2.45) is 0 Å². The molecule has 0 aliphatic heterocycles. The molecule has 0 aliphatic rings. The Morgan fingerprint density at radius 3 is 1.62 bits per heavy atom. The van der Waals surface area contributed by atoms with Crippen LogP contribution in [0.1, 0.15) is 0 Å². The third-order valence-corrected chi connectivity index (χ3v) is 13.4. The lowest BCUT2D eigenvalue weighted by Crippen LogP contribution is -2.10. The minimum absolute atomic E-state index is 0.902. The molecule has 0 bridgehead atoms. The summed E-state index contributed by atoms with van der Waals surface area (Å²) in [6.07, 6.45) is 0. The van der Waals surface area contributed by atoms with Gasteiger partial charge in [-0.2, -0.15) is 0 Å². The van der Waals surface area contributed by atoms with Crippen LogP contribution in [0.2, 0.25) is 0 Å². The second kappa shape index (κ2) is 15.5. The van der Waals surface area contributed by atoms with Gasteiger partial charge in [-0.15, -0.1) is 0 Å². The molecule has 12 aromatic carbocycles. The molecule has 0 atom stereocenters. The number of anilines is 3. The Hall–Kier alpha value is -8.72. The van der Waals surface area contributed by atoms with Crippen molar-refractivity contribution in [2.75, 3.05) is 4.90 Å². The molecule has 0 aliphatic carbocycles. The van der Waals surface area contributed by atoms with Gasteiger partial charge in [0.25, 0.3) is 0 Å². The molecule has 308 valence electrons. The van der Waals surface area contributed by atoms with Gasteiger partial charge >= 0.3 is 0 Å². The summed E-state index contributed by atoms with van der Waals surface area (Å²) in [4.78, 5) is 2.42. The molecule has 0 unspecified atom stereocenters. The second-order valence-corrected chi connectivity index (χ2v) is 17.2. The SMILES string of the molecule is c1ccc(-c2c(-c3ccccc3)c3cc(-c4cccc(N(c5ccc(-c6cccc7c6oc6ccccc67)cc5)c5cccc6c5ccc5ccccc56)c4)ccc3c3ccccc23)cc1. The molecule has 1 heterocycles. The Morgan fingerprint density at radius 2 is 0.818 bits per heavy atom. The molecule has 0 spiro atoms. The van der Waals surface area contributed by atoms with Crippen LogP contribution in [0.3, 0.4) is 0 Å². The molecule has 0 saturated heterocycles. The molecule has 0 radical (unpaired) electrons. The maximum atomic E-state index is 6.49. The summed E-state index contributed by atoms with van der Waals surface area (Å²) in [7, 11) is 0. The molecule has 0 N–H and O–H groups in total. The van der Waals surface area contributed by atoms with Crippen molar-refractivity contribution >= 4 is 82.1 Å². The number of hydrogen-bond donors (Lipinski definition) is 0. The quantitative estimate of drug-likeness (QED) is 0.149. The van der Waals surface area contributed by atoms with Crippen molar-refractivity contribution in [3.63, 3.8) is 0 Å². The van der Waals surface area contributed by atoms with Gasteiger partial charge in [0.1, 0.15) is 11.2 Å². The molecule has 0 amide bonds. The highest BCUT2D eigenvalue weighted by Crippen LogP contribution is 2.47. The van der Waals surface area contributed by atoms with E-state index < -0.39 is 0 Å². The van der Waals surface area contributed by atoms with Crippen molar-refractivity contribution in [3.8, 4) is 44.5 Å². The minimum Gasteiger partial charge on any atom is -0.455 e. The van der Waals surface area contributed by atoms with Crippen LogP contribution in [-0.4, -0.2) is 0 Å². The van der Waals surface area contributed by atoms with E-state index in [2.05, 4.69) is 241 Å². The highest BCUT2D eigenvalue weighted by Gasteiger charge is 2.21. The third kappa shape index (κ3) is 6.18. The van der Waals surface area contributed by atoms with Gasteiger partial charge in [0, 0.05) is 33.1 Å². The van der Waals surface area contributed by atoms with Crippen molar-refractivity contribution in [3.05, 3.63) is 249 Å². The number of furan rings is 1. The van der Waals surface area contributed by atoms with E-state index in [1.807, 2.05) is 12.1 Å². The molecular formula is C64H41NO. The summed E-state index contributed by atoms with van der Waals surface area (Å²) in [6.45, 7) is 0. The third-order valence-electron chi connectivity index (χ3n) is 13.4. The molecule has 13 aromatic rings. The summed E-state index contributed by atoms with van der Waals surface area (Å²) < 4.78 is 6.49. The van der Waals surface area contributed by atoms with Crippen LogP contribution in [0, 0.1) is 0 Å². The first-order valence-electron chi connectivity index (χ1n) is 22.7.